The molecular weight excluding hydrogens is 449 g/mol. The van der Waals surface area contributed by atoms with Crippen molar-refractivity contribution in [2.75, 3.05) is 4.90 Å². The minimum atomic E-state index is -1.56. The molecule has 0 bridgehead atoms. The number of nitrogens with zero attached hydrogens (tertiary/aromatic N) is 3. The Labute approximate surface area is 208 Å². The van der Waals surface area contributed by atoms with Crippen LogP contribution in [0.4, 0.5) is 10.1 Å². The first kappa shape index (κ1) is 21.8. The maximum atomic E-state index is 14.2. The third-order valence-corrected chi connectivity index (χ3v) is 7.47. The van der Waals surface area contributed by atoms with Crippen LogP contribution in [0, 0.1) is 33.9 Å². The predicted octanol–water partition coefficient (Wildman–Crippen LogP) is 6.26. The van der Waals surface area contributed by atoms with Crippen LogP contribution in [0.15, 0.2) is 97.1 Å². The Morgan fingerprint density at radius 2 is 1.56 bits per heavy atom. The molecule has 4 nitrogen and oxygen atoms in total. The number of anilines is 1. The number of Topliss-reactive ketones (excluding diaryl/α,β-unsaturated/α-hetero) is 1. The summed E-state index contributed by atoms with van der Waals surface area (Å²) in [5.74, 6) is -1.40. The first-order valence-electron chi connectivity index (χ1n) is 11.7. The molecule has 1 fully saturated rings. The van der Waals surface area contributed by atoms with Crippen molar-refractivity contribution in [3.05, 3.63) is 120 Å². The fourth-order valence-electron chi connectivity index (χ4n) is 5.86. The first-order chi connectivity index (χ1) is 17.6. The summed E-state index contributed by atoms with van der Waals surface area (Å²) < 4.78 is 13.9. The van der Waals surface area contributed by atoms with Crippen LogP contribution in [0.5, 0.6) is 0 Å². The zero-order valence-electron chi connectivity index (χ0n) is 19.2. The van der Waals surface area contributed by atoms with Gasteiger partial charge in [-0.25, -0.2) is 4.39 Å². The number of rotatable bonds is 3. The molecular formula is C31H20FN3O. The smallest absolute Gasteiger partial charge is 0.185 e. The number of carbonyl (C=O) groups excluding carboxylic acids is 1. The average molecular weight is 470 g/mol. The summed E-state index contributed by atoms with van der Waals surface area (Å²) in [4.78, 5) is 16.1. The number of hydrogen-bond acceptors (Lipinski definition) is 4. The van der Waals surface area contributed by atoms with Gasteiger partial charge in [0.15, 0.2) is 11.2 Å². The van der Waals surface area contributed by atoms with Gasteiger partial charge in [0.1, 0.15) is 11.9 Å². The van der Waals surface area contributed by atoms with Gasteiger partial charge in [0.25, 0.3) is 0 Å². The highest BCUT2D eigenvalue weighted by molar-refractivity contribution is 6.06. The molecule has 5 heteroatoms. The topological polar surface area (TPSA) is 67.9 Å². The molecule has 1 saturated heterocycles. The summed E-state index contributed by atoms with van der Waals surface area (Å²) >= 11 is 0. The molecule has 0 radical (unpaired) electrons. The maximum Gasteiger partial charge on any atom is 0.185 e. The van der Waals surface area contributed by atoms with E-state index in [0.29, 0.717) is 11.1 Å². The van der Waals surface area contributed by atoms with E-state index in [2.05, 4.69) is 12.1 Å². The second kappa shape index (κ2) is 8.18. The second-order valence-electron chi connectivity index (χ2n) is 9.23. The Kier molecular flexibility index (Phi) is 4.95. The van der Waals surface area contributed by atoms with E-state index in [1.807, 2.05) is 59.5 Å². The summed E-state index contributed by atoms with van der Waals surface area (Å²) in [6.07, 6.45) is 3.83. The first-order valence-corrected chi connectivity index (χ1v) is 11.7. The van der Waals surface area contributed by atoms with Crippen LogP contribution in [0.25, 0.3) is 16.8 Å². The van der Waals surface area contributed by atoms with Gasteiger partial charge in [0, 0.05) is 22.7 Å². The third-order valence-electron chi connectivity index (χ3n) is 7.47. The molecule has 0 saturated carbocycles. The Bertz CT molecular complexity index is 1600. The quantitative estimate of drug-likeness (QED) is 0.332. The van der Waals surface area contributed by atoms with E-state index < -0.39 is 29.2 Å². The molecule has 36 heavy (non-hydrogen) atoms. The Hall–Kier alpha value is -4.74. The number of halogens is 1. The SMILES string of the molecule is N#CC1(C#N)[C@@H](c2ccc(F)cc2)[C@H](C(=O)c2ccccc2)N2c3ccc4ccccc4c3C=C[C@@H]21. The Morgan fingerprint density at radius 1 is 0.861 bits per heavy atom. The molecule has 0 spiro atoms. The van der Waals surface area contributed by atoms with Gasteiger partial charge in [-0.05, 0) is 34.5 Å². The van der Waals surface area contributed by atoms with Crippen molar-refractivity contribution in [2.24, 2.45) is 5.41 Å². The normalized spacial score (nSPS) is 21.3. The zero-order valence-corrected chi connectivity index (χ0v) is 19.2. The monoisotopic (exact) mass is 469 g/mol. The van der Waals surface area contributed by atoms with E-state index in [-0.39, 0.29) is 5.78 Å². The number of carbonyl (C=O) groups is 1. The lowest BCUT2D eigenvalue weighted by Gasteiger charge is -2.36. The van der Waals surface area contributed by atoms with E-state index in [1.54, 1.807) is 36.4 Å². The minimum absolute atomic E-state index is 0.184. The number of ketones is 1. The van der Waals surface area contributed by atoms with Gasteiger partial charge in [-0.1, -0.05) is 84.9 Å². The standard InChI is InChI=1S/C31H20FN3O/c32-23-13-10-21(11-14-23)28-29(30(36)22-7-2-1-3-8-22)35-26-16-12-20-6-4-5-9-24(20)25(26)15-17-27(35)31(28,18-33)19-34/h1-17,27-29H/t27-,28+,29-/m1/s1. The number of hydrogen-bond donors (Lipinski definition) is 0. The van der Waals surface area contributed by atoms with Crippen LogP contribution >= 0.6 is 0 Å². The molecule has 6 rings (SSSR count). The van der Waals surface area contributed by atoms with Gasteiger partial charge in [0.05, 0.1) is 18.2 Å². The lowest BCUT2D eigenvalue weighted by molar-refractivity contribution is 0.0951. The molecule has 4 aromatic rings. The van der Waals surface area contributed by atoms with Gasteiger partial charge >= 0.3 is 0 Å². The molecule has 0 N–H and O–H groups in total. The summed E-state index contributed by atoms with van der Waals surface area (Å²) in [6, 6.07) is 29.8. The van der Waals surface area contributed by atoms with Gasteiger partial charge in [-0.3, -0.25) is 4.79 Å². The molecule has 0 aliphatic carbocycles. The molecule has 0 aromatic heterocycles. The molecule has 4 aromatic carbocycles. The second-order valence-corrected chi connectivity index (χ2v) is 9.23. The van der Waals surface area contributed by atoms with Crippen LogP contribution in [0.1, 0.15) is 27.4 Å². The zero-order chi connectivity index (χ0) is 24.9. The highest BCUT2D eigenvalue weighted by atomic mass is 19.1. The van der Waals surface area contributed by atoms with Crippen molar-refractivity contribution in [1.82, 2.24) is 0 Å². The maximum absolute atomic E-state index is 14.2. The third kappa shape index (κ3) is 3.00. The number of nitriles is 2. The minimum Gasteiger partial charge on any atom is -0.351 e. The van der Waals surface area contributed by atoms with E-state index in [9.17, 15) is 19.7 Å². The van der Waals surface area contributed by atoms with E-state index >= 15 is 0 Å². The Balaban J connectivity index is 1.64. The van der Waals surface area contributed by atoms with E-state index in [4.69, 9.17) is 0 Å². The van der Waals surface area contributed by atoms with Crippen LogP contribution in [-0.2, 0) is 0 Å². The number of fused-ring (bicyclic) bond motifs is 5. The van der Waals surface area contributed by atoms with Crippen LogP contribution in [0.3, 0.4) is 0 Å². The summed E-state index contributed by atoms with van der Waals surface area (Å²) in [6.45, 7) is 0. The van der Waals surface area contributed by atoms with Gasteiger partial charge in [-0.15, -0.1) is 0 Å². The highest BCUT2D eigenvalue weighted by Gasteiger charge is 2.63. The number of benzene rings is 4. The molecule has 3 atom stereocenters. The molecule has 2 heterocycles. The summed E-state index contributed by atoms with van der Waals surface area (Å²) in [5.41, 5.74) is 1.26. The highest BCUT2D eigenvalue weighted by Crippen LogP contribution is 2.56. The summed E-state index contributed by atoms with van der Waals surface area (Å²) in [7, 11) is 0. The van der Waals surface area contributed by atoms with Crippen molar-refractivity contribution in [3.8, 4) is 12.1 Å². The van der Waals surface area contributed by atoms with Crippen molar-refractivity contribution in [2.45, 2.75) is 18.0 Å². The Morgan fingerprint density at radius 3 is 2.28 bits per heavy atom. The van der Waals surface area contributed by atoms with E-state index in [1.165, 1.54) is 12.1 Å². The molecule has 0 unspecified atom stereocenters. The molecule has 172 valence electrons. The lowest BCUT2D eigenvalue weighted by Crippen LogP contribution is -2.44. The van der Waals surface area contributed by atoms with Crippen molar-refractivity contribution < 1.29 is 9.18 Å². The fraction of sp³-hybridized carbons (Fsp3) is 0.129. The fourth-order valence-corrected chi connectivity index (χ4v) is 5.86. The molecule has 0 amide bonds. The van der Waals surface area contributed by atoms with Crippen molar-refractivity contribution in [1.29, 1.82) is 10.5 Å². The van der Waals surface area contributed by atoms with Gasteiger partial charge in [-0.2, -0.15) is 10.5 Å². The summed E-state index contributed by atoms with van der Waals surface area (Å²) in [5, 5.41) is 23.1. The lowest BCUT2D eigenvalue weighted by atomic mass is 9.69. The van der Waals surface area contributed by atoms with E-state index in [0.717, 1.165) is 22.0 Å². The van der Waals surface area contributed by atoms with Crippen LogP contribution in [-0.4, -0.2) is 17.9 Å². The van der Waals surface area contributed by atoms with Gasteiger partial charge in [0.2, 0.25) is 0 Å². The van der Waals surface area contributed by atoms with Crippen molar-refractivity contribution in [3.63, 3.8) is 0 Å². The van der Waals surface area contributed by atoms with Gasteiger partial charge < -0.3 is 4.90 Å². The molecule has 2 aliphatic heterocycles. The van der Waals surface area contributed by atoms with Crippen molar-refractivity contribution >= 4 is 28.3 Å². The largest absolute Gasteiger partial charge is 0.351 e. The van der Waals surface area contributed by atoms with Crippen LogP contribution in [0.2, 0.25) is 0 Å². The average Bonchev–Trinajstić information content (AvgIpc) is 3.24. The molecule has 2 aliphatic rings. The predicted molar refractivity (Wildman–Crippen MR) is 137 cm³/mol. The van der Waals surface area contributed by atoms with Crippen LogP contribution < -0.4 is 4.90 Å².